The summed E-state index contributed by atoms with van der Waals surface area (Å²) < 4.78 is 0. The van der Waals surface area contributed by atoms with Crippen LogP contribution in [0.2, 0.25) is 0 Å². The van der Waals surface area contributed by atoms with Crippen LogP contribution < -0.4 is 16.0 Å². The van der Waals surface area contributed by atoms with Gasteiger partial charge in [-0.05, 0) is 55.3 Å². The third kappa shape index (κ3) is 4.36. The van der Waals surface area contributed by atoms with Gasteiger partial charge in [0.15, 0.2) is 0 Å². The first-order chi connectivity index (χ1) is 12.5. The lowest BCUT2D eigenvalue weighted by Gasteiger charge is -2.12. The fourth-order valence-electron chi connectivity index (χ4n) is 2.51. The van der Waals surface area contributed by atoms with E-state index in [1.807, 2.05) is 42.5 Å². The predicted molar refractivity (Wildman–Crippen MR) is 105 cm³/mol. The van der Waals surface area contributed by atoms with E-state index < -0.39 is 0 Å². The molecular weight excluding hydrogens is 326 g/mol. The van der Waals surface area contributed by atoms with E-state index in [4.69, 9.17) is 0 Å². The highest BCUT2D eigenvalue weighted by Gasteiger charge is 2.04. The molecule has 0 radical (unpaired) electrons. The Balaban J connectivity index is 1.73. The van der Waals surface area contributed by atoms with Gasteiger partial charge < -0.3 is 16.0 Å². The molecule has 1 amide bonds. The summed E-state index contributed by atoms with van der Waals surface area (Å²) in [6, 6.07) is 15.4. The summed E-state index contributed by atoms with van der Waals surface area (Å²) in [4.78, 5) is 19.6. The fraction of sp³-hybridized carbons (Fsp3) is 0.150. The topological polar surface area (TPSA) is 78.9 Å². The third-order valence-electron chi connectivity index (χ3n) is 4.01. The van der Waals surface area contributed by atoms with Gasteiger partial charge in [0.2, 0.25) is 5.91 Å². The molecule has 0 spiro atoms. The molecule has 6 nitrogen and oxygen atoms in total. The van der Waals surface area contributed by atoms with Gasteiger partial charge in [0, 0.05) is 30.1 Å². The number of carbonyl (C=O) groups is 1. The molecule has 0 aliphatic rings. The molecular formula is C20H21N5O. The van der Waals surface area contributed by atoms with Crippen LogP contribution in [-0.2, 0) is 4.79 Å². The average molecular weight is 347 g/mol. The van der Waals surface area contributed by atoms with Gasteiger partial charge in [-0.1, -0.05) is 12.1 Å². The number of aromatic nitrogens is 2. The van der Waals surface area contributed by atoms with Crippen molar-refractivity contribution in [3.8, 4) is 0 Å². The van der Waals surface area contributed by atoms with E-state index in [0.717, 1.165) is 17.1 Å². The molecule has 3 rings (SSSR count). The van der Waals surface area contributed by atoms with Crippen LogP contribution in [-0.4, -0.2) is 15.9 Å². The SMILES string of the molecule is CC(=O)Nc1ccc(Nc2cc(Nc3cccc(C)c3C)ncn2)cc1. The summed E-state index contributed by atoms with van der Waals surface area (Å²) >= 11 is 0. The number of carbonyl (C=O) groups excluding carboxylic acids is 1. The standard InChI is InChI=1S/C20H21N5O/c1-13-5-4-6-18(14(13)2)25-20-11-19(21-12-22-20)24-17-9-7-16(8-10-17)23-15(3)26/h4-12H,1-3H3,(H,23,26)(H2,21,22,24,25). The first-order valence-corrected chi connectivity index (χ1v) is 8.31. The summed E-state index contributed by atoms with van der Waals surface area (Å²) in [5.74, 6) is 1.30. The summed E-state index contributed by atoms with van der Waals surface area (Å²) in [6.45, 7) is 5.64. The Labute approximate surface area is 152 Å². The van der Waals surface area contributed by atoms with E-state index in [1.54, 1.807) is 0 Å². The van der Waals surface area contributed by atoms with Gasteiger partial charge >= 0.3 is 0 Å². The lowest BCUT2D eigenvalue weighted by molar-refractivity contribution is -0.114. The molecule has 0 unspecified atom stereocenters. The van der Waals surface area contributed by atoms with Crippen molar-refractivity contribution in [2.24, 2.45) is 0 Å². The second-order valence-corrected chi connectivity index (χ2v) is 6.04. The molecule has 1 heterocycles. The third-order valence-corrected chi connectivity index (χ3v) is 4.01. The molecule has 0 aliphatic heterocycles. The number of hydrogen-bond donors (Lipinski definition) is 3. The zero-order valence-electron chi connectivity index (χ0n) is 15.0. The van der Waals surface area contributed by atoms with Gasteiger partial charge in [0.05, 0.1) is 0 Å². The van der Waals surface area contributed by atoms with Gasteiger partial charge in [-0.15, -0.1) is 0 Å². The highest BCUT2D eigenvalue weighted by Crippen LogP contribution is 2.23. The molecule has 26 heavy (non-hydrogen) atoms. The van der Waals surface area contributed by atoms with Gasteiger partial charge in [-0.2, -0.15) is 0 Å². The van der Waals surface area contributed by atoms with E-state index in [9.17, 15) is 4.79 Å². The smallest absolute Gasteiger partial charge is 0.221 e. The first kappa shape index (κ1) is 17.4. The van der Waals surface area contributed by atoms with Gasteiger partial charge in [-0.25, -0.2) is 9.97 Å². The zero-order valence-corrected chi connectivity index (χ0v) is 15.0. The molecule has 0 atom stereocenters. The maximum Gasteiger partial charge on any atom is 0.221 e. The van der Waals surface area contributed by atoms with Crippen molar-refractivity contribution in [3.63, 3.8) is 0 Å². The first-order valence-electron chi connectivity index (χ1n) is 8.31. The van der Waals surface area contributed by atoms with E-state index in [2.05, 4.69) is 45.8 Å². The quantitative estimate of drug-likeness (QED) is 0.631. The minimum atomic E-state index is -0.0938. The van der Waals surface area contributed by atoms with E-state index in [1.165, 1.54) is 24.4 Å². The van der Waals surface area contributed by atoms with Crippen LogP contribution in [0, 0.1) is 13.8 Å². The maximum absolute atomic E-state index is 11.1. The Morgan fingerprint density at radius 1 is 0.885 bits per heavy atom. The maximum atomic E-state index is 11.1. The number of amides is 1. The van der Waals surface area contributed by atoms with Gasteiger partial charge in [0.1, 0.15) is 18.0 Å². The van der Waals surface area contributed by atoms with Crippen molar-refractivity contribution in [2.45, 2.75) is 20.8 Å². The summed E-state index contributed by atoms with van der Waals surface area (Å²) in [5, 5.41) is 9.30. The molecule has 132 valence electrons. The Hall–Kier alpha value is -3.41. The van der Waals surface area contributed by atoms with Crippen LogP contribution in [0.25, 0.3) is 0 Å². The summed E-state index contributed by atoms with van der Waals surface area (Å²) in [5.41, 5.74) is 5.06. The van der Waals surface area contributed by atoms with Crippen molar-refractivity contribution in [1.29, 1.82) is 0 Å². The number of hydrogen-bond acceptors (Lipinski definition) is 5. The number of aryl methyl sites for hydroxylation is 1. The zero-order chi connectivity index (χ0) is 18.5. The van der Waals surface area contributed by atoms with Crippen LogP contribution in [0.5, 0.6) is 0 Å². The van der Waals surface area contributed by atoms with Gasteiger partial charge in [-0.3, -0.25) is 4.79 Å². The van der Waals surface area contributed by atoms with Crippen molar-refractivity contribution >= 4 is 34.6 Å². The number of nitrogens with zero attached hydrogens (tertiary/aromatic N) is 2. The van der Waals surface area contributed by atoms with E-state index >= 15 is 0 Å². The Morgan fingerprint density at radius 2 is 1.54 bits per heavy atom. The minimum absolute atomic E-state index is 0.0938. The van der Waals surface area contributed by atoms with Crippen LogP contribution >= 0.6 is 0 Å². The highest BCUT2D eigenvalue weighted by molar-refractivity contribution is 5.88. The number of anilines is 5. The highest BCUT2D eigenvalue weighted by atomic mass is 16.1. The number of rotatable bonds is 5. The summed E-state index contributed by atoms with van der Waals surface area (Å²) in [6.07, 6.45) is 1.52. The lowest BCUT2D eigenvalue weighted by Crippen LogP contribution is -2.05. The molecule has 0 fully saturated rings. The molecule has 1 aromatic heterocycles. The lowest BCUT2D eigenvalue weighted by atomic mass is 10.1. The van der Waals surface area contributed by atoms with E-state index in [0.29, 0.717) is 11.6 Å². The van der Waals surface area contributed by atoms with Crippen LogP contribution in [0.1, 0.15) is 18.1 Å². The molecule has 0 saturated heterocycles. The van der Waals surface area contributed by atoms with Crippen molar-refractivity contribution < 1.29 is 4.79 Å². The molecule has 6 heteroatoms. The second-order valence-electron chi connectivity index (χ2n) is 6.04. The van der Waals surface area contributed by atoms with Crippen molar-refractivity contribution in [2.75, 3.05) is 16.0 Å². The Morgan fingerprint density at radius 3 is 2.23 bits per heavy atom. The molecule has 0 bridgehead atoms. The summed E-state index contributed by atoms with van der Waals surface area (Å²) in [7, 11) is 0. The van der Waals surface area contributed by atoms with Crippen molar-refractivity contribution in [3.05, 3.63) is 66.0 Å². The van der Waals surface area contributed by atoms with Crippen LogP contribution in [0.4, 0.5) is 28.7 Å². The van der Waals surface area contributed by atoms with Crippen molar-refractivity contribution in [1.82, 2.24) is 9.97 Å². The Bertz CT molecular complexity index is 922. The molecule has 0 aliphatic carbocycles. The van der Waals surface area contributed by atoms with Crippen LogP contribution in [0.3, 0.4) is 0 Å². The fourth-order valence-corrected chi connectivity index (χ4v) is 2.51. The second kappa shape index (κ2) is 7.65. The molecule has 0 saturated carbocycles. The van der Waals surface area contributed by atoms with E-state index in [-0.39, 0.29) is 5.91 Å². The number of benzene rings is 2. The average Bonchev–Trinajstić information content (AvgIpc) is 2.61. The minimum Gasteiger partial charge on any atom is -0.340 e. The predicted octanol–water partition coefficient (Wildman–Crippen LogP) is 4.54. The monoisotopic (exact) mass is 347 g/mol. The Kier molecular flexibility index (Phi) is 5.12. The normalized spacial score (nSPS) is 10.3. The molecule has 2 aromatic carbocycles. The molecule has 3 aromatic rings. The molecule has 3 N–H and O–H groups in total. The van der Waals surface area contributed by atoms with Crippen LogP contribution in [0.15, 0.2) is 54.9 Å². The number of nitrogens with one attached hydrogen (secondary N) is 3. The van der Waals surface area contributed by atoms with Gasteiger partial charge in [0.25, 0.3) is 0 Å². The largest absolute Gasteiger partial charge is 0.340 e.